The molecule has 1 nitrogen and oxygen atoms in total. The minimum atomic E-state index is -0.113. The Hall–Kier alpha value is -0.170. The maximum Gasteiger partial charge on any atom is 0.0875 e. The van der Waals surface area contributed by atoms with Crippen molar-refractivity contribution in [2.45, 2.75) is 32.3 Å². The van der Waals surface area contributed by atoms with E-state index in [-0.39, 0.29) is 6.10 Å². The van der Waals surface area contributed by atoms with E-state index in [4.69, 9.17) is 5.11 Å². The molecule has 0 aromatic heterocycles. The minimum absolute atomic E-state index is 0.113. The fraction of sp³-hybridized carbons (Fsp3) is 0.833. The molecule has 42 valence electrons. The summed E-state index contributed by atoms with van der Waals surface area (Å²) in [4.78, 5) is 0. The van der Waals surface area contributed by atoms with Crippen LogP contribution in [0.15, 0.2) is 0 Å². The topological polar surface area (TPSA) is 20.2 Å². The zero-order valence-electron chi connectivity index (χ0n) is 4.85. The average Bonchev–Trinajstić information content (AvgIpc) is 1.68. The van der Waals surface area contributed by atoms with Gasteiger partial charge < -0.3 is 5.11 Å². The van der Waals surface area contributed by atoms with Gasteiger partial charge in [0.15, 0.2) is 0 Å². The number of hydrogen-bond acceptors (Lipinski definition) is 1. The Labute approximate surface area is 45.4 Å². The first-order valence-electron chi connectivity index (χ1n) is 2.78. The van der Waals surface area contributed by atoms with Crippen molar-refractivity contribution in [1.29, 1.82) is 0 Å². The summed E-state index contributed by atoms with van der Waals surface area (Å²) < 4.78 is 0. The van der Waals surface area contributed by atoms with E-state index in [2.05, 4.69) is 6.92 Å². The Morgan fingerprint density at radius 3 is 2.43 bits per heavy atom. The quantitative estimate of drug-likeness (QED) is 0.532. The lowest BCUT2D eigenvalue weighted by Gasteiger charge is -1.99. The molecule has 0 bridgehead atoms. The minimum Gasteiger partial charge on any atom is -0.393 e. The smallest absolute Gasteiger partial charge is 0.0875 e. The van der Waals surface area contributed by atoms with Crippen LogP contribution in [0.3, 0.4) is 0 Å². The fourth-order valence-electron chi connectivity index (χ4n) is 0.440. The number of aliphatic hydroxyl groups excluding tert-OH is 1. The van der Waals surface area contributed by atoms with Crippen LogP contribution in [0.1, 0.15) is 26.2 Å². The molecular formula is C6H13O+. The van der Waals surface area contributed by atoms with E-state index in [0.29, 0.717) is 0 Å². The van der Waals surface area contributed by atoms with Crippen molar-refractivity contribution in [2.75, 3.05) is 0 Å². The van der Waals surface area contributed by atoms with Gasteiger partial charge in [-0.3, -0.25) is 0 Å². The summed E-state index contributed by atoms with van der Waals surface area (Å²) in [5.74, 6) is 0. The van der Waals surface area contributed by atoms with Gasteiger partial charge in [0.25, 0.3) is 0 Å². The van der Waals surface area contributed by atoms with Crippen LogP contribution in [0.4, 0.5) is 0 Å². The van der Waals surface area contributed by atoms with Crippen LogP contribution in [-0.2, 0) is 0 Å². The van der Waals surface area contributed by atoms with Crippen molar-refractivity contribution >= 4 is 0 Å². The van der Waals surface area contributed by atoms with Crippen LogP contribution < -0.4 is 0 Å². The maximum atomic E-state index is 8.82. The molecule has 0 aliphatic carbocycles. The summed E-state index contributed by atoms with van der Waals surface area (Å²) in [6.45, 7) is 5.59. The molecule has 0 aromatic rings. The summed E-state index contributed by atoms with van der Waals surface area (Å²) >= 11 is 0. The van der Waals surface area contributed by atoms with Crippen molar-refractivity contribution in [3.05, 3.63) is 6.92 Å². The van der Waals surface area contributed by atoms with E-state index in [1.807, 2.05) is 6.92 Å². The molecule has 1 heteroatoms. The molecule has 0 fully saturated rings. The van der Waals surface area contributed by atoms with Crippen molar-refractivity contribution < 1.29 is 5.11 Å². The van der Waals surface area contributed by atoms with Gasteiger partial charge in [-0.2, -0.15) is 0 Å². The summed E-state index contributed by atoms with van der Waals surface area (Å²) in [5, 5.41) is 8.82. The molecule has 1 atom stereocenters. The van der Waals surface area contributed by atoms with Crippen LogP contribution >= 0.6 is 0 Å². The lowest BCUT2D eigenvalue weighted by atomic mass is 10.2. The van der Waals surface area contributed by atoms with Gasteiger partial charge in [0.2, 0.25) is 0 Å². The van der Waals surface area contributed by atoms with Crippen LogP contribution in [-0.4, -0.2) is 11.2 Å². The van der Waals surface area contributed by atoms with Gasteiger partial charge in [0.05, 0.1) is 19.4 Å². The molecule has 0 rings (SSSR count). The van der Waals surface area contributed by atoms with E-state index < -0.39 is 0 Å². The lowest BCUT2D eigenvalue weighted by molar-refractivity contribution is 0.161. The molecule has 0 saturated carbocycles. The Morgan fingerprint density at radius 2 is 2.29 bits per heavy atom. The van der Waals surface area contributed by atoms with Crippen molar-refractivity contribution in [1.82, 2.24) is 0 Å². The van der Waals surface area contributed by atoms with E-state index in [1.54, 1.807) is 0 Å². The second-order valence-corrected chi connectivity index (χ2v) is 1.70. The van der Waals surface area contributed by atoms with Crippen molar-refractivity contribution in [2.24, 2.45) is 0 Å². The molecule has 0 saturated heterocycles. The summed E-state index contributed by atoms with van der Waals surface area (Å²) in [6.07, 6.45) is 2.43. The third-order valence-corrected chi connectivity index (χ3v) is 1.01. The predicted octanol–water partition coefficient (Wildman–Crippen LogP) is 1.37. The second kappa shape index (κ2) is 4.00. The first-order chi connectivity index (χ1) is 3.31. The first-order valence-corrected chi connectivity index (χ1v) is 2.78. The Kier molecular flexibility index (Phi) is 3.90. The number of aliphatic hydroxyl groups is 1. The highest BCUT2D eigenvalue weighted by Crippen LogP contribution is 1.97. The third kappa shape index (κ3) is 3.67. The van der Waals surface area contributed by atoms with Gasteiger partial charge in [-0.05, 0) is 6.42 Å². The van der Waals surface area contributed by atoms with Crippen LogP contribution in [0.25, 0.3) is 0 Å². The Balaban J connectivity index is 2.83. The fourth-order valence-corrected chi connectivity index (χ4v) is 0.440. The van der Waals surface area contributed by atoms with E-state index in [1.165, 1.54) is 0 Å². The molecule has 1 N–H and O–H groups in total. The third-order valence-electron chi connectivity index (χ3n) is 1.01. The van der Waals surface area contributed by atoms with Crippen molar-refractivity contribution in [3.8, 4) is 0 Å². The lowest BCUT2D eigenvalue weighted by Crippen LogP contribution is -2.01. The standard InChI is InChI=1S/C6H13O/c1-3-5-6(7)4-2/h6-7H,1,3-5H2,2H3/q+1. The first kappa shape index (κ1) is 6.83. The van der Waals surface area contributed by atoms with Crippen LogP contribution in [0.5, 0.6) is 0 Å². The largest absolute Gasteiger partial charge is 0.393 e. The van der Waals surface area contributed by atoms with Crippen molar-refractivity contribution in [3.63, 3.8) is 0 Å². The highest BCUT2D eigenvalue weighted by Gasteiger charge is 1.97. The zero-order valence-corrected chi connectivity index (χ0v) is 4.85. The van der Waals surface area contributed by atoms with Gasteiger partial charge in [0.1, 0.15) is 0 Å². The highest BCUT2D eigenvalue weighted by molar-refractivity contribution is 4.51. The van der Waals surface area contributed by atoms with E-state index in [0.717, 1.165) is 19.3 Å². The Morgan fingerprint density at radius 1 is 1.71 bits per heavy atom. The zero-order chi connectivity index (χ0) is 5.70. The monoisotopic (exact) mass is 101 g/mol. The molecule has 7 heavy (non-hydrogen) atoms. The van der Waals surface area contributed by atoms with Gasteiger partial charge in [0, 0.05) is 6.42 Å². The summed E-state index contributed by atoms with van der Waals surface area (Å²) in [6, 6.07) is 0. The maximum absolute atomic E-state index is 8.82. The van der Waals surface area contributed by atoms with Crippen LogP contribution in [0.2, 0.25) is 0 Å². The van der Waals surface area contributed by atoms with Gasteiger partial charge >= 0.3 is 0 Å². The van der Waals surface area contributed by atoms with E-state index >= 15 is 0 Å². The number of hydrogen-bond donors (Lipinski definition) is 1. The molecule has 1 unspecified atom stereocenters. The average molecular weight is 101 g/mol. The predicted molar refractivity (Wildman–Crippen MR) is 30.9 cm³/mol. The molecule has 0 radical (unpaired) electrons. The van der Waals surface area contributed by atoms with Crippen LogP contribution in [0, 0.1) is 6.92 Å². The number of rotatable bonds is 3. The normalized spacial score (nSPS) is 14.0. The Bertz CT molecular complexity index is 35.2. The molecule has 0 spiro atoms. The second-order valence-electron chi connectivity index (χ2n) is 1.70. The molecule has 0 aliphatic heterocycles. The summed E-state index contributed by atoms with van der Waals surface area (Å²) in [5.41, 5.74) is 0. The molecule has 0 amide bonds. The highest BCUT2D eigenvalue weighted by atomic mass is 16.3. The molecule has 0 heterocycles. The summed E-state index contributed by atoms with van der Waals surface area (Å²) in [7, 11) is 0. The SMILES string of the molecule is [CH2+]CCC(O)CC. The molecule has 0 aliphatic rings. The van der Waals surface area contributed by atoms with Gasteiger partial charge in [-0.1, -0.05) is 6.92 Å². The molecular weight excluding hydrogens is 88.1 g/mol. The van der Waals surface area contributed by atoms with Gasteiger partial charge in [-0.15, -0.1) is 0 Å². The van der Waals surface area contributed by atoms with Gasteiger partial charge in [-0.25, -0.2) is 0 Å². The molecule has 0 aromatic carbocycles. The van der Waals surface area contributed by atoms with E-state index in [9.17, 15) is 0 Å².